The largest absolute Gasteiger partial charge is 0.481 e. The number of esters is 6. The second kappa shape index (κ2) is 64.6. The monoisotopic (exact) mass is 1740 g/mol. The van der Waals surface area contributed by atoms with E-state index in [4.69, 9.17) is 103 Å². The molecule has 4 saturated heterocycles. The molecule has 3 aromatic rings. The number of halogens is 3. The van der Waals surface area contributed by atoms with Crippen molar-refractivity contribution in [2.45, 2.75) is 345 Å². The number of hydrogen-bond acceptors (Lipinski definition) is 25. The molecule has 119 heavy (non-hydrogen) atoms. The highest BCUT2D eigenvalue weighted by Crippen LogP contribution is 2.35. The number of carbonyl (C=O) groups excluding carboxylic acids is 6. The van der Waals surface area contributed by atoms with Gasteiger partial charge in [-0.3, -0.25) is 24.6 Å². The molecule has 0 amide bonds. The van der Waals surface area contributed by atoms with Gasteiger partial charge in [-0.05, 0) is 152 Å². The number of nitrogens with one attached hydrogen (secondary N) is 1. The molecular formula is C90H142Cl3NO25. The third kappa shape index (κ3) is 48.5. The van der Waals surface area contributed by atoms with Crippen LogP contribution in [-0.2, 0) is 85.5 Å². The number of carbonyl (C=O) groups is 7. The fourth-order valence-corrected chi connectivity index (χ4v) is 13.0. The van der Waals surface area contributed by atoms with Gasteiger partial charge < -0.3 is 86.7 Å². The minimum Gasteiger partial charge on any atom is -0.481 e. The number of hydrogen-bond donors (Lipinski definition) is 5. The molecule has 0 spiro atoms. The minimum atomic E-state index is -2.01. The van der Waals surface area contributed by atoms with Gasteiger partial charge in [-0.15, -0.1) is 0 Å². The topological polar surface area (TPSA) is 353 Å². The van der Waals surface area contributed by atoms with E-state index >= 15 is 0 Å². The second-order valence-corrected chi connectivity index (χ2v) is 32.9. The van der Waals surface area contributed by atoms with Gasteiger partial charge in [-0.1, -0.05) is 220 Å². The first-order valence-corrected chi connectivity index (χ1v) is 43.6. The maximum atomic E-state index is 12.4. The number of carboxylic acid groups (broad SMARTS) is 1. The summed E-state index contributed by atoms with van der Waals surface area (Å²) in [6.07, 6.45) is 22.3. The molecule has 678 valence electrons. The van der Waals surface area contributed by atoms with E-state index in [9.17, 15) is 43.8 Å². The predicted octanol–water partition coefficient (Wildman–Crippen LogP) is 18.3. The van der Waals surface area contributed by atoms with Crippen molar-refractivity contribution in [3.8, 4) is 0 Å². The third-order valence-electron chi connectivity index (χ3n) is 20.8. The molecule has 0 radical (unpaired) electrons. The number of alkyl halides is 3. The van der Waals surface area contributed by atoms with Crippen molar-refractivity contribution in [3.63, 3.8) is 0 Å². The van der Waals surface area contributed by atoms with Gasteiger partial charge in [0.2, 0.25) is 12.2 Å². The van der Waals surface area contributed by atoms with Crippen molar-refractivity contribution in [2.24, 2.45) is 17.8 Å². The lowest BCUT2D eigenvalue weighted by atomic mass is 9.95. The van der Waals surface area contributed by atoms with Gasteiger partial charge in [0.15, 0.2) is 37.2 Å². The molecule has 4 heterocycles. The fourth-order valence-electron chi connectivity index (χ4n) is 12.9. The molecule has 0 aliphatic carbocycles. The van der Waals surface area contributed by atoms with E-state index in [1.807, 2.05) is 64.1 Å². The maximum absolute atomic E-state index is 12.4. The Labute approximate surface area is 722 Å². The van der Waals surface area contributed by atoms with Crippen LogP contribution < -0.4 is 0 Å². The van der Waals surface area contributed by atoms with Crippen molar-refractivity contribution < 1.29 is 120 Å². The van der Waals surface area contributed by atoms with Crippen LogP contribution in [0, 0.1) is 23.2 Å². The summed E-state index contributed by atoms with van der Waals surface area (Å²) in [7, 11) is 4.27. The van der Waals surface area contributed by atoms with Crippen LogP contribution in [0.3, 0.4) is 0 Å². The molecule has 4 aliphatic rings. The molecule has 26 nitrogen and oxygen atoms in total. The van der Waals surface area contributed by atoms with Crippen LogP contribution in [0.2, 0.25) is 0 Å². The summed E-state index contributed by atoms with van der Waals surface area (Å²) >= 11 is 16.9. The molecule has 4 aliphatic heterocycles. The Morgan fingerprint density at radius 1 is 0.378 bits per heavy atom. The summed E-state index contributed by atoms with van der Waals surface area (Å²) in [4.78, 5) is 80.3. The average molecular weight is 1740 g/mol. The third-order valence-corrected chi connectivity index (χ3v) is 21.3. The van der Waals surface area contributed by atoms with Crippen molar-refractivity contribution >= 4 is 82.5 Å². The first kappa shape index (κ1) is 109. The summed E-state index contributed by atoms with van der Waals surface area (Å²) < 4.78 is 74.6. The van der Waals surface area contributed by atoms with Crippen LogP contribution >= 0.6 is 34.8 Å². The molecule has 4 fully saturated rings. The van der Waals surface area contributed by atoms with Crippen molar-refractivity contribution in [1.82, 2.24) is 0 Å². The Bertz CT molecular complexity index is 3080. The number of carboxylic acids is 1. The Hall–Kier alpha value is -6.11. The zero-order valence-electron chi connectivity index (χ0n) is 71.3. The number of aliphatic hydroxyl groups is 3. The maximum Gasteiger partial charge on any atom is 0.338 e. The molecular weight excluding hydrogens is 1600 g/mol. The Morgan fingerprint density at radius 2 is 0.655 bits per heavy atom. The fraction of sp³-hybridized carbons (Fsp3) is 0.711. The summed E-state index contributed by atoms with van der Waals surface area (Å²) in [5.74, 6) is -2.15. The molecule has 3 aromatic carbocycles. The molecule has 8 unspecified atom stereocenters. The summed E-state index contributed by atoms with van der Waals surface area (Å²) in [6, 6.07) is 26.6. The number of aliphatic carboxylic acids is 1. The Balaban J connectivity index is 0.000000515. The number of aliphatic hydroxyl groups excluding tert-OH is 3. The first-order chi connectivity index (χ1) is 56.5. The van der Waals surface area contributed by atoms with Gasteiger partial charge in [-0.25, -0.2) is 14.4 Å². The highest BCUT2D eigenvalue weighted by molar-refractivity contribution is 6.76. The standard InChI is InChI=1S/2C24H36O6.C16H18Cl3NO4.C15H28O6.C10H20O3.CH4/c2*1-18-17-21(30-23(26)20-13-9-8-10-14-20)24(29-19(18)2)28-16-12-7-5-4-6-11-15-22(25)27-3;1-9-8-12(23-13(21)11-6-4-3-5-7-11)14(22-10(9)2)24-15(20)16(17,18)19;1-11-12(16)10-13(17)15(21-11)20-9-7-5-3-2-4-6-8-14(18)19;1-13-10(12)8-6-4-2-3-5-7-9-11;/h2*8-10,13-14,18-19,21,24H,4-7,11-12,15-17H2,1-3H3;3-7,9-10,12,14,20H,8H2,1-2H3;11-13,15-17H,2-10H2,1H3,(H,18,19);11H,2-9H2,1H3;1H4/t2*18-,19?,21?,24-;9-,10?,12?,14+;11?,12-,13?,15-;;/m1111../s1. The van der Waals surface area contributed by atoms with Gasteiger partial charge in [0.25, 0.3) is 3.79 Å². The van der Waals surface area contributed by atoms with Crippen LogP contribution in [0.15, 0.2) is 91.0 Å². The summed E-state index contributed by atoms with van der Waals surface area (Å²) in [6.45, 7) is 15.9. The van der Waals surface area contributed by atoms with Gasteiger partial charge in [0.05, 0.1) is 68.5 Å². The molecule has 29 heteroatoms. The lowest BCUT2D eigenvalue weighted by Crippen LogP contribution is -2.47. The van der Waals surface area contributed by atoms with Gasteiger partial charge in [0.1, 0.15) is 6.10 Å². The first-order valence-electron chi connectivity index (χ1n) is 42.5. The lowest BCUT2D eigenvalue weighted by Gasteiger charge is -2.38. The normalized spacial score (nSPS) is 23.8. The van der Waals surface area contributed by atoms with E-state index in [0.29, 0.717) is 80.6 Å². The number of benzene rings is 3. The Morgan fingerprint density at radius 3 is 0.966 bits per heavy atom. The highest BCUT2D eigenvalue weighted by Gasteiger charge is 2.43. The number of unbranched alkanes of at least 4 members (excludes halogenated alkanes) is 20. The summed E-state index contributed by atoms with van der Waals surface area (Å²) in [5, 5.41) is 44.0. The molecule has 5 N–H and O–H groups in total. The lowest BCUT2D eigenvalue weighted by molar-refractivity contribution is -0.261. The van der Waals surface area contributed by atoms with E-state index in [1.54, 1.807) is 61.5 Å². The molecule has 0 aromatic heterocycles. The van der Waals surface area contributed by atoms with Crippen LogP contribution in [-0.4, -0.2) is 200 Å². The predicted molar refractivity (Wildman–Crippen MR) is 456 cm³/mol. The van der Waals surface area contributed by atoms with E-state index in [2.05, 4.69) is 28.1 Å². The van der Waals surface area contributed by atoms with Crippen molar-refractivity contribution in [3.05, 3.63) is 108 Å². The second-order valence-electron chi connectivity index (χ2n) is 30.7. The smallest absolute Gasteiger partial charge is 0.338 e. The molecule has 0 saturated carbocycles. The van der Waals surface area contributed by atoms with Crippen molar-refractivity contribution in [2.75, 3.05) is 47.8 Å². The number of rotatable bonds is 45. The average Bonchev–Trinajstić information content (AvgIpc) is 0.826. The summed E-state index contributed by atoms with van der Waals surface area (Å²) in [5.41, 5.74) is 1.49. The quantitative estimate of drug-likeness (QED) is 0.00876. The van der Waals surface area contributed by atoms with Crippen LogP contribution in [0.25, 0.3) is 0 Å². The van der Waals surface area contributed by atoms with E-state index in [-0.39, 0.29) is 80.4 Å². The zero-order valence-corrected chi connectivity index (χ0v) is 73.6. The number of ether oxygens (including phenoxy) is 14. The zero-order chi connectivity index (χ0) is 87.1. The molecule has 16 atom stereocenters. The minimum absolute atomic E-state index is 0. The van der Waals surface area contributed by atoms with Crippen LogP contribution in [0.1, 0.15) is 292 Å². The number of methoxy groups -OCH3 is 3. The highest BCUT2D eigenvalue weighted by atomic mass is 35.6. The van der Waals surface area contributed by atoms with Crippen molar-refractivity contribution in [1.29, 1.82) is 5.41 Å². The van der Waals surface area contributed by atoms with Gasteiger partial charge in [0, 0.05) is 58.5 Å². The van der Waals surface area contributed by atoms with Gasteiger partial charge >= 0.3 is 41.8 Å². The molecule has 7 rings (SSSR count). The Kier molecular flexibility index (Phi) is 59.2. The van der Waals surface area contributed by atoms with E-state index < -0.39 is 77.3 Å². The SMILES string of the molecule is C.CC1O[C@@H](OC(=N)C(Cl)(Cl)Cl)C(OC(=O)c2ccccc2)C[C@H]1C.CC1O[C@@H](OCCCCCCCCC(=O)O)C(O)C[C@H]1O.COC(=O)CCCCCCCCO.COC(=O)CCCCCCCCO[C@@H]1OC(C)[C@H](C)CC1OC(=O)c1ccccc1.COC(=O)CCCCCCCCO[C@@H]1OC(C)[C@H](C)CC1OC(=O)c1ccccc1. The van der Waals surface area contributed by atoms with Crippen LogP contribution in [0.5, 0.6) is 0 Å². The van der Waals surface area contributed by atoms with E-state index in [0.717, 1.165) is 167 Å². The van der Waals surface area contributed by atoms with E-state index in [1.165, 1.54) is 21.3 Å². The molecule has 0 bridgehead atoms. The van der Waals surface area contributed by atoms with Gasteiger partial charge in [-0.2, -0.15) is 0 Å². The van der Waals surface area contributed by atoms with Crippen LogP contribution in [0.4, 0.5) is 0 Å².